The van der Waals surface area contributed by atoms with Crippen molar-refractivity contribution >= 4 is 34.8 Å². The first-order chi connectivity index (χ1) is 21.8. The number of hydrogen-bond donors (Lipinski definition) is 1. The minimum Gasteiger partial charge on any atom is -0.394 e. The molecule has 3 saturated heterocycles. The van der Waals surface area contributed by atoms with Gasteiger partial charge in [-0.2, -0.15) is 0 Å². The van der Waals surface area contributed by atoms with Crippen LogP contribution in [0.2, 0.25) is 0 Å². The van der Waals surface area contributed by atoms with Gasteiger partial charge in [-0.05, 0) is 69.5 Å². The lowest BCUT2D eigenvalue weighted by atomic mass is 9.70. The van der Waals surface area contributed by atoms with E-state index in [9.17, 15) is 19.5 Å². The average molecular weight is 615 g/mol. The second kappa shape index (κ2) is 13.6. The molecule has 2 aromatic carbocycles. The summed E-state index contributed by atoms with van der Waals surface area (Å²) in [5, 5.41) is 10.4. The molecule has 3 aliphatic rings. The molecule has 5 rings (SSSR count). The summed E-state index contributed by atoms with van der Waals surface area (Å²) in [6, 6.07) is 15.6. The maximum absolute atomic E-state index is 14.8. The van der Waals surface area contributed by atoms with E-state index in [0.717, 1.165) is 18.8 Å². The Labute approximate surface area is 266 Å². The highest BCUT2D eigenvalue weighted by Gasteiger charge is 2.75. The minimum absolute atomic E-state index is 0.217. The van der Waals surface area contributed by atoms with Crippen LogP contribution in [-0.4, -0.2) is 84.3 Å². The van der Waals surface area contributed by atoms with Crippen LogP contribution in [0.1, 0.15) is 40.0 Å². The minimum atomic E-state index is -1.18. The molecule has 0 saturated carbocycles. The number of ether oxygens (including phenoxy) is 1. The van der Waals surface area contributed by atoms with Crippen molar-refractivity contribution in [3.8, 4) is 0 Å². The van der Waals surface area contributed by atoms with Gasteiger partial charge in [-0.15, -0.1) is 13.2 Å². The van der Waals surface area contributed by atoms with Crippen LogP contribution in [0.4, 0.5) is 17.1 Å². The summed E-state index contributed by atoms with van der Waals surface area (Å²) >= 11 is 0. The van der Waals surface area contributed by atoms with Crippen LogP contribution >= 0.6 is 0 Å². The quantitative estimate of drug-likeness (QED) is 0.317. The summed E-state index contributed by atoms with van der Waals surface area (Å²) in [4.78, 5) is 50.8. The maximum atomic E-state index is 14.8. The lowest BCUT2D eigenvalue weighted by Gasteiger charge is -2.39. The van der Waals surface area contributed by atoms with Crippen LogP contribution in [0.3, 0.4) is 0 Å². The topological polar surface area (TPSA) is 93.6 Å². The standard InChI is InChI=1S/C36H46N4O5/c1-6-22-38(27-14-12-11-13-15-27)33(42)30-29-20-21-36(45-29)31(30)34(43)40(25(8-3)24-41)32(36)35(44)39(23-7-2)28-18-16-26(17-19-28)37(9-4)10-5/h6-7,11-19,25,29-32,41H,1-2,8-10,20-24H2,3-5H3/t25-,29+,30-,31-,32?,36?/m0/s1. The summed E-state index contributed by atoms with van der Waals surface area (Å²) in [5.41, 5.74) is 1.26. The number of anilines is 3. The van der Waals surface area contributed by atoms with E-state index in [1.165, 1.54) is 4.90 Å². The van der Waals surface area contributed by atoms with Gasteiger partial charge in [-0.1, -0.05) is 37.3 Å². The van der Waals surface area contributed by atoms with Gasteiger partial charge in [0.05, 0.1) is 30.6 Å². The summed E-state index contributed by atoms with van der Waals surface area (Å²) in [5.74, 6) is -2.43. The second-order valence-corrected chi connectivity index (χ2v) is 12.0. The third-order valence-corrected chi connectivity index (χ3v) is 9.85. The highest BCUT2D eigenvalue weighted by Crippen LogP contribution is 2.59. The van der Waals surface area contributed by atoms with Gasteiger partial charge in [0.15, 0.2) is 0 Å². The van der Waals surface area contributed by atoms with Gasteiger partial charge in [-0.25, -0.2) is 0 Å². The van der Waals surface area contributed by atoms with Gasteiger partial charge >= 0.3 is 0 Å². The Morgan fingerprint density at radius 3 is 2.09 bits per heavy atom. The normalized spacial score (nSPS) is 25.5. The number of rotatable bonds is 14. The van der Waals surface area contributed by atoms with E-state index in [-0.39, 0.29) is 37.4 Å². The lowest BCUT2D eigenvalue weighted by Crippen LogP contribution is -2.59. The Kier molecular flexibility index (Phi) is 9.79. The smallest absolute Gasteiger partial charge is 0.253 e. The second-order valence-electron chi connectivity index (χ2n) is 12.0. The van der Waals surface area contributed by atoms with Gasteiger partial charge in [0.25, 0.3) is 5.91 Å². The first-order valence-corrected chi connectivity index (χ1v) is 16.2. The predicted octanol–water partition coefficient (Wildman–Crippen LogP) is 4.42. The predicted molar refractivity (Wildman–Crippen MR) is 177 cm³/mol. The maximum Gasteiger partial charge on any atom is 0.253 e. The molecule has 1 spiro atoms. The summed E-state index contributed by atoms with van der Waals surface area (Å²) < 4.78 is 6.70. The van der Waals surface area contributed by atoms with Crippen LogP contribution in [0, 0.1) is 11.8 Å². The number of nitrogens with zero attached hydrogens (tertiary/aromatic N) is 4. The van der Waals surface area contributed by atoms with Crippen molar-refractivity contribution in [1.29, 1.82) is 0 Å². The Hall–Kier alpha value is -3.95. The van der Waals surface area contributed by atoms with Gasteiger partial charge in [0.1, 0.15) is 11.6 Å². The zero-order chi connectivity index (χ0) is 32.3. The fraction of sp³-hybridized carbons (Fsp3) is 0.472. The van der Waals surface area contributed by atoms with E-state index < -0.39 is 35.6 Å². The molecule has 9 nitrogen and oxygen atoms in total. The number of fused-ring (bicyclic) bond motifs is 1. The number of aliphatic hydroxyl groups excluding tert-OH is 1. The summed E-state index contributed by atoms with van der Waals surface area (Å²) in [6.45, 7) is 15.8. The molecule has 3 amide bonds. The molecule has 2 unspecified atom stereocenters. The lowest BCUT2D eigenvalue weighted by molar-refractivity contribution is -0.144. The Morgan fingerprint density at radius 2 is 1.53 bits per heavy atom. The largest absolute Gasteiger partial charge is 0.394 e. The number of aliphatic hydroxyl groups is 1. The number of benzene rings is 2. The fourth-order valence-corrected chi connectivity index (χ4v) is 7.73. The molecule has 3 fully saturated rings. The molecule has 3 aliphatic heterocycles. The van der Waals surface area contributed by atoms with E-state index in [2.05, 4.69) is 31.9 Å². The monoisotopic (exact) mass is 614 g/mol. The summed E-state index contributed by atoms with van der Waals surface area (Å²) in [6.07, 6.45) is 4.33. The van der Waals surface area contributed by atoms with Gasteiger partial charge in [0.2, 0.25) is 11.8 Å². The van der Waals surface area contributed by atoms with Crippen LogP contribution in [0.15, 0.2) is 79.9 Å². The fourth-order valence-electron chi connectivity index (χ4n) is 7.73. The third kappa shape index (κ3) is 5.46. The van der Waals surface area contributed by atoms with Crippen LogP contribution in [0.25, 0.3) is 0 Å². The van der Waals surface area contributed by atoms with Gasteiger partial charge < -0.3 is 29.4 Å². The molecule has 9 heteroatoms. The van der Waals surface area contributed by atoms with E-state index in [4.69, 9.17) is 4.74 Å². The molecule has 3 heterocycles. The molecule has 45 heavy (non-hydrogen) atoms. The first kappa shape index (κ1) is 32.4. The van der Waals surface area contributed by atoms with Crippen LogP contribution in [-0.2, 0) is 19.1 Å². The number of hydrogen-bond acceptors (Lipinski definition) is 6. The van der Waals surface area contributed by atoms with E-state index in [1.54, 1.807) is 22.0 Å². The van der Waals surface area contributed by atoms with Crippen molar-refractivity contribution in [2.75, 3.05) is 47.5 Å². The van der Waals surface area contributed by atoms with Crippen LogP contribution < -0.4 is 14.7 Å². The molecule has 1 N–H and O–H groups in total. The molecule has 0 radical (unpaired) electrons. The van der Waals surface area contributed by atoms with Crippen molar-refractivity contribution in [3.05, 3.63) is 79.9 Å². The van der Waals surface area contributed by atoms with Crippen molar-refractivity contribution < 1.29 is 24.2 Å². The zero-order valence-electron chi connectivity index (χ0n) is 26.7. The number of carbonyl (C=O) groups excluding carboxylic acids is 3. The van der Waals surface area contributed by atoms with Gasteiger partial charge in [-0.3, -0.25) is 14.4 Å². The number of likely N-dealkylation sites (tertiary alicyclic amines) is 1. The Balaban J connectivity index is 1.56. The Bertz CT molecular complexity index is 1390. The van der Waals surface area contributed by atoms with E-state index in [1.807, 2.05) is 61.5 Å². The van der Waals surface area contributed by atoms with Crippen LogP contribution in [0.5, 0.6) is 0 Å². The number of para-hydroxylation sites is 1. The van der Waals surface area contributed by atoms with Crippen molar-refractivity contribution in [1.82, 2.24) is 4.90 Å². The molecule has 0 aromatic heterocycles. The molecule has 2 bridgehead atoms. The van der Waals surface area contributed by atoms with Crippen molar-refractivity contribution in [2.24, 2.45) is 11.8 Å². The molecular weight excluding hydrogens is 568 g/mol. The van der Waals surface area contributed by atoms with Crippen molar-refractivity contribution in [2.45, 2.75) is 63.8 Å². The molecular formula is C36H46N4O5. The highest BCUT2D eigenvalue weighted by atomic mass is 16.5. The van der Waals surface area contributed by atoms with Crippen molar-refractivity contribution in [3.63, 3.8) is 0 Å². The number of amides is 3. The SMILES string of the molecule is C=CCN(C(=O)C1N([C@@H](CC)CO)C(=O)[C@@H]2[C@@H](C(=O)N(CC=C)c3ccccc3)[C@H]3CCC12O3)c1ccc(N(CC)CC)cc1. The third-order valence-electron chi connectivity index (χ3n) is 9.85. The average Bonchev–Trinajstić information content (AvgIpc) is 3.71. The highest BCUT2D eigenvalue weighted by molar-refractivity contribution is 6.06. The van der Waals surface area contributed by atoms with E-state index >= 15 is 0 Å². The molecule has 2 aromatic rings. The first-order valence-electron chi connectivity index (χ1n) is 16.2. The van der Waals surface area contributed by atoms with E-state index in [0.29, 0.717) is 30.6 Å². The summed E-state index contributed by atoms with van der Waals surface area (Å²) in [7, 11) is 0. The number of carbonyl (C=O) groups is 3. The molecule has 240 valence electrons. The zero-order valence-corrected chi connectivity index (χ0v) is 26.7. The Morgan fingerprint density at radius 1 is 0.956 bits per heavy atom. The molecule has 6 atom stereocenters. The van der Waals surface area contributed by atoms with Gasteiger partial charge in [0, 0.05) is 43.2 Å². The molecule has 0 aliphatic carbocycles.